The van der Waals surface area contributed by atoms with Gasteiger partial charge in [-0.05, 0) is 30.3 Å². The van der Waals surface area contributed by atoms with Gasteiger partial charge in [-0.2, -0.15) is 13.2 Å². The summed E-state index contributed by atoms with van der Waals surface area (Å²) in [7, 11) is 0. The molecule has 1 heterocycles. The number of nitrogens with two attached hydrogens (primary N) is 1. The van der Waals surface area contributed by atoms with Crippen molar-refractivity contribution in [3.8, 4) is 0 Å². The molecule has 3 aromatic rings. The molecule has 0 atom stereocenters. The predicted octanol–water partition coefficient (Wildman–Crippen LogP) is 4.45. The standard InChI is InChI=1S/C17H14F4N4OS/c18-10-5-6-12(11(9-10)17(19,20)21)23-15(26)25(8-7-22)16-24-13-3-1-2-4-14(13)27-16/h1-6,9H,7-8,22H2,(H,23,26). The van der Waals surface area contributed by atoms with E-state index in [2.05, 4.69) is 10.3 Å². The number of thiazole rings is 1. The Kier molecular flexibility index (Phi) is 5.29. The number of anilines is 2. The second-order valence-electron chi connectivity index (χ2n) is 5.52. The molecular weight excluding hydrogens is 384 g/mol. The Balaban J connectivity index is 1.93. The highest BCUT2D eigenvalue weighted by atomic mass is 32.1. The molecule has 10 heteroatoms. The van der Waals surface area contributed by atoms with Gasteiger partial charge in [-0.3, -0.25) is 4.90 Å². The van der Waals surface area contributed by atoms with Crippen LogP contribution in [0, 0.1) is 5.82 Å². The third-order valence-electron chi connectivity index (χ3n) is 3.64. The quantitative estimate of drug-likeness (QED) is 0.638. The van der Waals surface area contributed by atoms with Crippen LogP contribution >= 0.6 is 11.3 Å². The molecule has 0 radical (unpaired) electrons. The largest absolute Gasteiger partial charge is 0.418 e. The molecule has 0 unspecified atom stereocenters. The van der Waals surface area contributed by atoms with E-state index in [1.54, 1.807) is 12.1 Å². The Morgan fingerprint density at radius 1 is 1.22 bits per heavy atom. The maximum absolute atomic E-state index is 13.2. The first kappa shape index (κ1) is 19.1. The fourth-order valence-corrected chi connectivity index (χ4v) is 3.42. The summed E-state index contributed by atoms with van der Waals surface area (Å²) in [6, 6.07) is 8.38. The van der Waals surface area contributed by atoms with Crippen LogP contribution in [0.3, 0.4) is 0 Å². The van der Waals surface area contributed by atoms with E-state index >= 15 is 0 Å². The first-order chi connectivity index (χ1) is 12.8. The molecule has 0 spiro atoms. The summed E-state index contributed by atoms with van der Waals surface area (Å²) in [6.45, 7) is 0.132. The summed E-state index contributed by atoms with van der Waals surface area (Å²) < 4.78 is 53.4. The van der Waals surface area contributed by atoms with E-state index in [9.17, 15) is 22.4 Å². The minimum absolute atomic E-state index is 0.0498. The number of hydrogen-bond acceptors (Lipinski definition) is 4. The van der Waals surface area contributed by atoms with E-state index in [1.165, 1.54) is 11.3 Å². The summed E-state index contributed by atoms with van der Waals surface area (Å²) in [5.74, 6) is -1.05. The number of carbonyl (C=O) groups is 1. The summed E-state index contributed by atoms with van der Waals surface area (Å²) in [5.41, 5.74) is 4.38. The van der Waals surface area contributed by atoms with Crippen LogP contribution in [0.4, 0.5) is 33.2 Å². The predicted molar refractivity (Wildman–Crippen MR) is 96.4 cm³/mol. The van der Waals surface area contributed by atoms with Crippen molar-refractivity contribution in [2.24, 2.45) is 5.73 Å². The fraction of sp³-hybridized carbons (Fsp3) is 0.176. The number of benzene rings is 2. The average molecular weight is 398 g/mol. The maximum atomic E-state index is 13.2. The molecule has 0 aliphatic heterocycles. The van der Waals surface area contributed by atoms with E-state index in [0.717, 1.165) is 21.7 Å². The molecule has 2 amide bonds. The molecule has 0 saturated carbocycles. The number of para-hydroxylation sites is 1. The third-order valence-corrected chi connectivity index (χ3v) is 4.70. The van der Waals surface area contributed by atoms with Crippen LogP contribution in [0.1, 0.15) is 5.56 Å². The zero-order chi connectivity index (χ0) is 19.6. The van der Waals surface area contributed by atoms with Crippen LogP contribution in [0.5, 0.6) is 0 Å². The number of nitrogens with zero attached hydrogens (tertiary/aromatic N) is 2. The van der Waals surface area contributed by atoms with E-state index < -0.39 is 29.3 Å². The van der Waals surface area contributed by atoms with Crippen LogP contribution in [0.15, 0.2) is 42.5 Å². The van der Waals surface area contributed by atoms with Crippen molar-refractivity contribution < 1.29 is 22.4 Å². The van der Waals surface area contributed by atoms with Gasteiger partial charge in [-0.15, -0.1) is 0 Å². The summed E-state index contributed by atoms with van der Waals surface area (Å²) in [6.07, 6.45) is -4.82. The number of amides is 2. The number of rotatable bonds is 4. The van der Waals surface area contributed by atoms with Gasteiger partial charge in [0.15, 0.2) is 5.13 Å². The van der Waals surface area contributed by atoms with Gasteiger partial charge in [0.25, 0.3) is 0 Å². The van der Waals surface area contributed by atoms with Crippen molar-refractivity contribution in [1.82, 2.24) is 4.98 Å². The first-order valence-electron chi connectivity index (χ1n) is 7.80. The maximum Gasteiger partial charge on any atom is 0.418 e. The number of aromatic nitrogens is 1. The molecule has 0 aliphatic carbocycles. The number of nitrogens with one attached hydrogen (secondary N) is 1. The van der Waals surface area contributed by atoms with E-state index in [0.29, 0.717) is 16.7 Å². The molecule has 142 valence electrons. The molecule has 0 bridgehead atoms. The fourth-order valence-electron chi connectivity index (χ4n) is 2.43. The number of halogens is 4. The molecule has 0 aliphatic rings. The van der Waals surface area contributed by atoms with Gasteiger partial charge in [-0.25, -0.2) is 14.2 Å². The molecule has 27 heavy (non-hydrogen) atoms. The molecular formula is C17H14F4N4OS. The highest BCUT2D eigenvalue weighted by Crippen LogP contribution is 2.36. The van der Waals surface area contributed by atoms with Crippen LogP contribution in [0.25, 0.3) is 10.2 Å². The van der Waals surface area contributed by atoms with Gasteiger partial charge in [0.05, 0.1) is 21.5 Å². The molecule has 0 fully saturated rings. The minimum Gasteiger partial charge on any atom is -0.329 e. The Labute approximate surface area is 155 Å². The molecule has 2 aromatic carbocycles. The van der Waals surface area contributed by atoms with Crippen LogP contribution in [0.2, 0.25) is 0 Å². The monoisotopic (exact) mass is 398 g/mol. The van der Waals surface area contributed by atoms with Gasteiger partial charge in [0.1, 0.15) is 5.82 Å². The van der Waals surface area contributed by atoms with Gasteiger partial charge in [0, 0.05) is 13.1 Å². The average Bonchev–Trinajstić information content (AvgIpc) is 3.03. The summed E-state index contributed by atoms with van der Waals surface area (Å²) >= 11 is 1.21. The van der Waals surface area contributed by atoms with Crippen LogP contribution in [-0.4, -0.2) is 24.1 Å². The van der Waals surface area contributed by atoms with Crippen molar-refractivity contribution in [1.29, 1.82) is 0 Å². The normalized spacial score (nSPS) is 11.6. The zero-order valence-corrected chi connectivity index (χ0v) is 14.6. The lowest BCUT2D eigenvalue weighted by atomic mass is 10.1. The highest BCUT2D eigenvalue weighted by Gasteiger charge is 2.35. The summed E-state index contributed by atoms with van der Waals surface area (Å²) in [4.78, 5) is 18.1. The molecule has 3 rings (SSSR count). The lowest BCUT2D eigenvalue weighted by molar-refractivity contribution is -0.137. The smallest absolute Gasteiger partial charge is 0.329 e. The van der Waals surface area contributed by atoms with Gasteiger partial charge in [-0.1, -0.05) is 23.5 Å². The minimum atomic E-state index is -4.82. The third kappa shape index (κ3) is 4.17. The van der Waals surface area contributed by atoms with Crippen molar-refractivity contribution in [3.63, 3.8) is 0 Å². The highest BCUT2D eigenvalue weighted by molar-refractivity contribution is 7.22. The lowest BCUT2D eigenvalue weighted by Crippen LogP contribution is -2.39. The van der Waals surface area contributed by atoms with E-state index in [4.69, 9.17) is 5.73 Å². The molecule has 1 aromatic heterocycles. The van der Waals surface area contributed by atoms with Gasteiger partial charge >= 0.3 is 12.2 Å². The topological polar surface area (TPSA) is 71.2 Å². The van der Waals surface area contributed by atoms with Crippen molar-refractivity contribution in [2.45, 2.75) is 6.18 Å². The van der Waals surface area contributed by atoms with Gasteiger partial charge < -0.3 is 11.1 Å². The van der Waals surface area contributed by atoms with E-state index in [1.807, 2.05) is 12.1 Å². The number of alkyl halides is 3. The number of urea groups is 1. The molecule has 0 saturated heterocycles. The van der Waals surface area contributed by atoms with Crippen molar-refractivity contribution in [2.75, 3.05) is 23.3 Å². The number of carbonyl (C=O) groups excluding carboxylic acids is 1. The van der Waals surface area contributed by atoms with Crippen molar-refractivity contribution in [3.05, 3.63) is 53.8 Å². The first-order valence-corrected chi connectivity index (χ1v) is 8.62. The second-order valence-corrected chi connectivity index (χ2v) is 6.53. The Morgan fingerprint density at radius 2 is 1.96 bits per heavy atom. The van der Waals surface area contributed by atoms with Crippen molar-refractivity contribution >= 4 is 38.4 Å². The Morgan fingerprint density at radius 3 is 2.63 bits per heavy atom. The lowest BCUT2D eigenvalue weighted by Gasteiger charge is -2.21. The number of fused-ring (bicyclic) bond motifs is 1. The Bertz CT molecular complexity index is 940. The number of hydrogen-bond donors (Lipinski definition) is 2. The summed E-state index contributed by atoms with van der Waals surface area (Å²) in [5, 5.41) is 2.48. The molecule has 3 N–H and O–H groups in total. The Hall–Kier alpha value is -2.72. The second kappa shape index (κ2) is 7.49. The zero-order valence-electron chi connectivity index (χ0n) is 13.8. The van der Waals surface area contributed by atoms with Crippen LogP contribution < -0.4 is 16.0 Å². The SMILES string of the molecule is NCCN(C(=O)Nc1ccc(F)cc1C(F)(F)F)c1nc2ccccc2s1. The van der Waals surface area contributed by atoms with E-state index in [-0.39, 0.29) is 13.1 Å². The molecule has 5 nitrogen and oxygen atoms in total. The van der Waals surface area contributed by atoms with Gasteiger partial charge in [0.2, 0.25) is 0 Å². The van der Waals surface area contributed by atoms with Crippen LogP contribution in [-0.2, 0) is 6.18 Å².